The van der Waals surface area contributed by atoms with Gasteiger partial charge in [0.2, 0.25) is 5.01 Å². The number of hydrogen-bond acceptors (Lipinski definition) is 5. The number of nitrogens with one attached hydrogen (secondary N) is 1. The van der Waals surface area contributed by atoms with Crippen molar-refractivity contribution >= 4 is 17.2 Å². The third-order valence-corrected chi connectivity index (χ3v) is 5.04. The van der Waals surface area contributed by atoms with Gasteiger partial charge in [-0.05, 0) is 41.9 Å². The smallest absolute Gasteiger partial charge is 0.282 e. The number of aromatic nitrogens is 2. The molecular formula is C20H20F2N4OS. The van der Waals surface area contributed by atoms with E-state index in [1.54, 1.807) is 18.2 Å². The van der Waals surface area contributed by atoms with Gasteiger partial charge in [-0.2, -0.15) is 0 Å². The molecule has 0 atom stereocenters. The van der Waals surface area contributed by atoms with E-state index in [4.69, 9.17) is 0 Å². The van der Waals surface area contributed by atoms with Crippen molar-refractivity contribution in [3.8, 4) is 0 Å². The number of hydrogen-bond donors (Lipinski definition) is 1. The SMILES string of the molecule is CCN(Cc1cccc(F)c1)Cc1nnc(C(=O)NCc2ccc(F)cc2)s1. The monoisotopic (exact) mass is 402 g/mol. The van der Waals surface area contributed by atoms with Gasteiger partial charge in [0.15, 0.2) is 0 Å². The molecule has 0 saturated carbocycles. The van der Waals surface area contributed by atoms with Crippen molar-refractivity contribution in [3.63, 3.8) is 0 Å². The van der Waals surface area contributed by atoms with Crippen LogP contribution in [-0.4, -0.2) is 27.5 Å². The largest absolute Gasteiger partial charge is 0.346 e. The van der Waals surface area contributed by atoms with E-state index in [1.165, 1.54) is 35.6 Å². The summed E-state index contributed by atoms with van der Waals surface area (Å²) >= 11 is 1.23. The Morgan fingerprint density at radius 3 is 2.54 bits per heavy atom. The molecule has 5 nitrogen and oxygen atoms in total. The fourth-order valence-corrected chi connectivity index (χ4v) is 3.43. The zero-order valence-electron chi connectivity index (χ0n) is 15.4. The molecule has 0 aliphatic carbocycles. The average molecular weight is 402 g/mol. The highest BCUT2D eigenvalue weighted by atomic mass is 32.1. The second-order valence-corrected chi connectivity index (χ2v) is 7.31. The molecule has 0 aliphatic rings. The molecule has 28 heavy (non-hydrogen) atoms. The number of rotatable bonds is 8. The first-order chi connectivity index (χ1) is 13.5. The first-order valence-corrected chi connectivity index (χ1v) is 9.67. The maximum Gasteiger partial charge on any atom is 0.282 e. The van der Waals surface area contributed by atoms with E-state index in [1.807, 2.05) is 13.0 Å². The summed E-state index contributed by atoms with van der Waals surface area (Å²) in [6, 6.07) is 12.4. The zero-order valence-corrected chi connectivity index (χ0v) is 16.2. The summed E-state index contributed by atoms with van der Waals surface area (Å²) in [6.07, 6.45) is 0. The third kappa shape index (κ3) is 5.64. The number of amides is 1. The lowest BCUT2D eigenvalue weighted by Crippen LogP contribution is -2.22. The second kappa shape index (κ2) is 9.48. The van der Waals surface area contributed by atoms with Crippen molar-refractivity contribution in [3.05, 3.63) is 81.3 Å². The van der Waals surface area contributed by atoms with Crippen LogP contribution in [0.25, 0.3) is 0 Å². The fraction of sp³-hybridized carbons (Fsp3) is 0.250. The minimum Gasteiger partial charge on any atom is -0.346 e. The van der Waals surface area contributed by atoms with Gasteiger partial charge in [0.25, 0.3) is 5.91 Å². The Balaban J connectivity index is 1.56. The first kappa shape index (κ1) is 20.0. The summed E-state index contributed by atoms with van der Waals surface area (Å²) in [5.41, 5.74) is 1.68. The molecule has 2 aromatic carbocycles. The van der Waals surface area contributed by atoms with Crippen molar-refractivity contribution in [2.75, 3.05) is 6.54 Å². The van der Waals surface area contributed by atoms with E-state index in [9.17, 15) is 13.6 Å². The Hall–Kier alpha value is -2.71. The van der Waals surface area contributed by atoms with Crippen LogP contribution in [0, 0.1) is 11.6 Å². The molecule has 0 fully saturated rings. The Morgan fingerprint density at radius 1 is 1.04 bits per heavy atom. The van der Waals surface area contributed by atoms with Crippen LogP contribution in [0.15, 0.2) is 48.5 Å². The average Bonchev–Trinajstić information content (AvgIpc) is 3.15. The second-order valence-electron chi connectivity index (χ2n) is 6.24. The predicted molar refractivity (Wildman–Crippen MR) is 104 cm³/mol. The van der Waals surface area contributed by atoms with Gasteiger partial charge in [-0.1, -0.05) is 42.5 Å². The fourth-order valence-electron chi connectivity index (χ4n) is 2.63. The predicted octanol–water partition coefficient (Wildman–Crippen LogP) is 3.77. The van der Waals surface area contributed by atoms with E-state index < -0.39 is 0 Å². The number of nitrogens with zero attached hydrogens (tertiary/aromatic N) is 3. The number of benzene rings is 2. The van der Waals surface area contributed by atoms with Gasteiger partial charge in [0, 0.05) is 13.1 Å². The maximum atomic E-state index is 13.4. The van der Waals surface area contributed by atoms with Gasteiger partial charge in [-0.3, -0.25) is 9.69 Å². The normalized spacial score (nSPS) is 11.0. The third-order valence-electron chi connectivity index (χ3n) is 4.13. The van der Waals surface area contributed by atoms with Gasteiger partial charge in [-0.25, -0.2) is 8.78 Å². The highest BCUT2D eigenvalue weighted by molar-refractivity contribution is 7.13. The van der Waals surface area contributed by atoms with Gasteiger partial charge in [-0.15, -0.1) is 10.2 Å². The van der Waals surface area contributed by atoms with Crippen LogP contribution in [0.3, 0.4) is 0 Å². The van der Waals surface area contributed by atoms with Crippen molar-refractivity contribution in [1.29, 1.82) is 0 Å². The molecule has 0 aliphatic heterocycles. The topological polar surface area (TPSA) is 58.1 Å². The lowest BCUT2D eigenvalue weighted by atomic mass is 10.2. The molecule has 146 valence electrons. The molecule has 1 amide bonds. The van der Waals surface area contributed by atoms with Crippen LogP contribution < -0.4 is 5.32 Å². The van der Waals surface area contributed by atoms with Gasteiger partial charge in [0.05, 0.1) is 6.54 Å². The van der Waals surface area contributed by atoms with Gasteiger partial charge < -0.3 is 5.32 Å². The Kier molecular flexibility index (Phi) is 6.78. The molecule has 0 bridgehead atoms. The molecule has 3 aromatic rings. The minimum atomic E-state index is -0.318. The van der Waals surface area contributed by atoms with Crippen LogP contribution >= 0.6 is 11.3 Å². The standard InChI is InChI=1S/C20H20F2N4OS/c1-2-26(12-15-4-3-5-17(22)10-15)13-18-24-25-20(28-18)19(27)23-11-14-6-8-16(21)9-7-14/h3-10H,2,11-13H2,1H3,(H,23,27). The summed E-state index contributed by atoms with van der Waals surface area (Å²) in [5.74, 6) is -0.895. The molecule has 0 radical (unpaired) electrons. The Labute approximate surface area is 166 Å². The first-order valence-electron chi connectivity index (χ1n) is 8.85. The van der Waals surface area contributed by atoms with E-state index in [0.29, 0.717) is 18.1 Å². The molecule has 0 spiro atoms. The minimum absolute atomic E-state index is 0.260. The van der Waals surface area contributed by atoms with Gasteiger partial charge >= 0.3 is 0 Å². The van der Waals surface area contributed by atoms with E-state index in [0.717, 1.165) is 17.7 Å². The summed E-state index contributed by atoms with van der Waals surface area (Å²) in [7, 11) is 0. The van der Waals surface area contributed by atoms with Crippen LogP contribution in [0.1, 0.15) is 32.9 Å². The van der Waals surface area contributed by atoms with E-state index in [-0.39, 0.29) is 29.1 Å². The lowest BCUT2D eigenvalue weighted by Gasteiger charge is -2.18. The molecule has 0 unspecified atom stereocenters. The van der Waals surface area contributed by atoms with Crippen LogP contribution in [-0.2, 0) is 19.6 Å². The molecule has 0 saturated heterocycles. The molecule has 8 heteroatoms. The quantitative estimate of drug-likeness (QED) is 0.623. The summed E-state index contributed by atoms with van der Waals surface area (Å²) in [5, 5.41) is 11.8. The highest BCUT2D eigenvalue weighted by Gasteiger charge is 2.15. The molecule has 1 N–H and O–H groups in total. The molecule has 1 heterocycles. The molecule has 3 rings (SSSR count). The van der Waals surface area contributed by atoms with Gasteiger partial charge in [0.1, 0.15) is 16.6 Å². The van der Waals surface area contributed by atoms with Crippen molar-refractivity contribution < 1.29 is 13.6 Å². The lowest BCUT2D eigenvalue weighted by molar-refractivity contribution is 0.0950. The summed E-state index contributed by atoms with van der Waals surface area (Å²) in [6.45, 7) is 4.16. The Morgan fingerprint density at radius 2 is 1.82 bits per heavy atom. The van der Waals surface area contributed by atoms with Crippen LogP contribution in [0.5, 0.6) is 0 Å². The maximum absolute atomic E-state index is 13.4. The van der Waals surface area contributed by atoms with E-state index in [2.05, 4.69) is 20.4 Å². The van der Waals surface area contributed by atoms with Crippen LogP contribution in [0.2, 0.25) is 0 Å². The summed E-state index contributed by atoms with van der Waals surface area (Å²) < 4.78 is 26.3. The number of carbonyl (C=O) groups excluding carboxylic acids is 1. The van der Waals surface area contributed by atoms with Crippen molar-refractivity contribution in [2.45, 2.75) is 26.6 Å². The zero-order chi connectivity index (χ0) is 19.9. The highest BCUT2D eigenvalue weighted by Crippen LogP contribution is 2.15. The Bertz CT molecular complexity index is 930. The number of halogens is 2. The molecular weight excluding hydrogens is 382 g/mol. The summed E-state index contributed by atoms with van der Waals surface area (Å²) in [4.78, 5) is 14.3. The van der Waals surface area contributed by atoms with Crippen molar-refractivity contribution in [2.24, 2.45) is 0 Å². The van der Waals surface area contributed by atoms with Crippen molar-refractivity contribution in [1.82, 2.24) is 20.4 Å². The van der Waals surface area contributed by atoms with E-state index >= 15 is 0 Å². The van der Waals surface area contributed by atoms with Crippen LogP contribution in [0.4, 0.5) is 8.78 Å². The number of carbonyl (C=O) groups is 1. The molecule has 1 aromatic heterocycles.